The first-order valence-electron chi connectivity index (χ1n) is 11.3. The second kappa shape index (κ2) is 10.3. The summed E-state index contributed by atoms with van der Waals surface area (Å²) in [6.07, 6.45) is 0. The van der Waals surface area contributed by atoms with E-state index in [2.05, 4.69) is 10.6 Å². The molecule has 6 nitrogen and oxygen atoms in total. The molecule has 0 spiro atoms. The molecule has 4 aromatic carbocycles. The maximum Gasteiger partial charge on any atom is 0.337 e. The largest absolute Gasteiger partial charge is 0.465 e. The Bertz CT molecular complexity index is 1540. The molecule has 36 heavy (non-hydrogen) atoms. The Hall–Kier alpha value is -4.62. The summed E-state index contributed by atoms with van der Waals surface area (Å²) < 4.78 is 4.73. The fraction of sp³-hybridized carbons (Fsp3) is 0.0345. The number of ether oxygens (including phenoxy) is 1. The topological polar surface area (TPSA) is 76.1 Å². The second-order valence-electron chi connectivity index (χ2n) is 8.00. The number of carbonyl (C=O) groups excluding carboxylic acids is 1. The molecule has 0 aliphatic heterocycles. The van der Waals surface area contributed by atoms with Crippen LogP contribution in [0.25, 0.3) is 33.5 Å². The van der Waals surface area contributed by atoms with Gasteiger partial charge in [-0.25, -0.2) is 14.8 Å². The summed E-state index contributed by atoms with van der Waals surface area (Å²) in [6.45, 7) is 0. The number of rotatable bonds is 5. The molecule has 0 radical (unpaired) electrons. The highest BCUT2D eigenvalue weighted by atomic mass is 32.1. The van der Waals surface area contributed by atoms with E-state index < -0.39 is 0 Å². The van der Waals surface area contributed by atoms with E-state index in [1.807, 2.05) is 78.9 Å². The quantitative estimate of drug-likeness (QED) is 0.213. The number of hydrogen-bond donors (Lipinski definition) is 2. The Labute approximate surface area is 214 Å². The number of nitrogens with zero attached hydrogens (tertiary/aromatic N) is 2. The van der Waals surface area contributed by atoms with Crippen molar-refractivity contribution in [2.24, 2.45) is 0 Å². The molecule has 7 heteroatoms. The Morgan fingerprint density at radius 1 is 0.694 bits per heavy atom. The van der Waals surface area contributed by atoms with Gasteiger partial charge < -0.3 is 15.4 Å². The lowest BCUT2D eigenvalue weighted by Gasteiger charge is -2.13. The SMILES string of the molecule is COC(=O)c1ccc(NC(=S)Nc2ccc3nc(-c4ccccc4)c(-c4ccccc4)nc3c2)cc1. The van der Waals surface area contributed by atoms with Crippen LogP contribution < -0.4 is 10.6 Å². The number of esters is 1. The number of fused-ring (bicyclic) bond motifs is 1. The van der Waals surface area contributed by atoms with Gasteiger partial charge in [-0.1, -0.05) is 60.7 Å². The highest BCUT2D eigenvalue weighted by molar-refractivity contribution is 7.80. The van der Waals surface area contributed by atoms with Crippen LogP contribution in [0, 0.1) is 0 Å². The lowest BCUT2D eigenvalue weighted by Crippen LogP contribution is -2.19. The molecular formula is C29H22N4O2S. The first-order chi connectivity index (χ1) is 17.6. The van der Waals surface area contributed by atoms with Gasteiger partial charge in [0.1, 0.15) is 0 Å². The Balaban J connectivity index is 1.43. The van der Waals surface area contributed by atoms with Gasteiger partial charge in [-0.2, -0.15) is 0 Å². The number of benzene rings is 4. The van der Waals surface area contributed by atoms with E-state index in [4.69, 9.17) is 26.9 Å². The average Bonchev–Trinajstić information content (AvgIpc) is 2.93. The van der Waals surface area contributed by atoms with Crippen molar-refractivity contribution in [1.29, 1.82) is 0 Å². The summed E-state index contributed by atoms with van der Waals surface area (Å²) in [5.41, 5.74) is 7.21. The molecule has 0 unspecified atom stereocenters. The van der Waals surface area contributed by atoms with Crippen molar-refractivity contribution in [2.75, 3.05) is 17.7 Å². The summed E-state index contributed by atoms with van der Waals surface area (Å²) in [5.74, 6) is -0.384. The molecule has 2 N–H and O–H groups in total. The van der Waals surface area contributed by atoms with Crippen molar-refractivity contribution >= 4 is 45.7 Å². The van der Waals surface area contributed by atoms with Gasteiger partial charge in [0.15, 0.2) is 5.11 Å². The first kappa shape index (κ1) is 23.1. The van der Waals surface area contributed by atoms with Crippen LogP contribution in [-0.2, 0) is 4.74 Å². The number of aromatic nitrogens is 2. The zero-order chi connectivity index (χ0) is 24.9. The summed E-state index contributed by atoms with van der Waals surface area (Å²) in [6, 6.07) is 32.8. The summed E-state index contributed by atoms with van der Waals surface area (Å²) >= 11 is 5.49. The Kier molecular flexibility index (Phi) is 6.64. The van der Waals surface area contributed by atoms with Crippen LogP contribution in [0.5, 0.6) is 0 Å². The van der Waals surface area contributed by atoms with E-state index in [-0.39, 0.29) is 5.97 Å². The van der Waals surface area contributed by atoms with Gasteiger partial charge in [0.25, 0.3) is 0 Å². The smallest absolute Gasteiger partial charge is 0.337 e. The second-order valence-corrected chi connectivity index (χ2v) is 8.41. The highest BCUT2D eigenvalue weighted by Gasteiger charge is 2.13. The molecule has 0 bridgehead atoms. The molecular weight excluding hydrogens is 468 g/mol. The molecule has 1 aromatic heterocycles. The van der Waals surface area contributed by atoms with Crippen LogP contribution >= 0.6 is 12.2 Å². The third-order valence-electron chi connectivity index (χ3n) is 5.58. The van der Waals surface area contributed by atoms with Crippen LogP contribution in [0.2, 0.25) is 0 Å². The van der Waals surface area contributed by atoms with E-state index in [9.17, 15) is 4.79 Å². The molecule has 0 amide bonds. The van der Waals surface area contributed by atoms with Gasteiger partial charge in [0.2, 0.25) is 0 Å². The van der Waals surface area contributed by atoms with Crippen molar-refractivity contribution in [2.45, 2.75) is 0 Å². The molecule has 0 saturated carbocycles. The Morgan fingerprint density at radius 2 is 1.22 bits per heavy atom. The first-order valence-corrected chi connectivity index (χ1v) is 11.7. The maximum atomic E-state index is 11.6. The lowest BCUT2D eigenvalue weighted by molar-refractivity contribution is 0.0601. The van der Waals surface area contributed by atoms with Crippen molar-refractivity contribution < 1.29 is 9.53 Å². The molecule has 0 aliphatic rings. The summed E-state index contributed by atoms with van der Waals surface area (Å²) in [5, 5.41) is 6.73. The van der Waals surface area contributed by atoms with E-state index in [1.165, 1.54) is 7.11 Å². The normalized spacial score (nSPS) is 10.6. The van der Waals surface area contributed by atoms with E-state index >= 15 is 0 Å². The number of thiocarbonyl (C=S) groups is 1. The highest BCUT2D eigenvalue weighted by Crippen LogP contribution is 2.31. The van der Waals surface area contributed by atoms with Crippen LogP contribution in [0.3, 0.4) is 0 Å². The van der Waals surface area contributed by atoms with Gasteiger partial charge in [-0.15, -0.1) is 0 Å². The van der Waals surface area contributed by atoms with Crippen LogP contribution in [0.1, 0.15) is 10.4 Å². The molecule has 0 aliphatic carbocycles. The summed E-state index contributed by atoms with van der Waals surface area (Å²) in [7, 11) is 1.35. The molecule has 0 atom stereocenters. The number of nitrogens with one attached hydrogen (secondary N) is 2. The van der Waals surface area contributed by atoms with Crippen LogP contribution in [-0.4, -0.2) is 28.2 Å². The Morgan fingerprint density at radius 3 is 1.81 bits per heavy atom. The molecule has 0 fully saturated rings. The van der Waals surface area contributed by atoms with Gasteiger partial charge in [-0.05, 0) is 54.7 Å². The number of methoxy groups -OCH3 is 1. The minimum absolute atomic E-state index is 0.384. The monoisotopic (exact) mass is 490 g/mol. The molecule has 5 aromatic rings. The van der Waals surface area contributed by atoms with Gasteiger partial charge in [-0.3, -0.25) is 0 Å². The summed E-state index contributed by atoms with van der Waals surface area (Å²) in [4.78, 5) is 21.6. The third-order valence-corrected chi connectivity index (χ3v) is 5.78. The lowest BCUT2D eigenvalue weighted by atomic mass is 10.0. The zero-order valence-corrected chi connectivity index (χ0v) is 20.3. The van der Waals surface area contributed by atoms with E-state index in [0.29, 0.717) is 10.7 Å². The van der Waals surface area contributed by atoms with Crippen molar-refractivity contribution in [1.82, 2.24) is 9.97 Å². The zero-order valence-electron chi connectivity index (χ0n) is 19.4. The van der Waals surface area contributed by atoms with Crippen LogP contribution in [0.4, 0.5) is 11.4 Å². The van der Waals surface area contributed by atoms with E-state index in [1.54, 1.807) is 24.3 Å². The average molecular weight is 491 g/mol. The molecule has 176 valence electrons. The molecule has 0 saturated heterocycles. The van der Waals surface area contributed by atoms with Gasteiger partial charge in [0.05, 0.1) is 35.1 Å². The predicted molar refractivity (Wildman–Crippen MR) is 148 cm³/mol. The minimum Gasteiger partial charge on any atom is -0.465 e. The van der Waals surface area contributed by atoms with Gasteiger partial charge in [0, 0.05) is 22.5 Å². The fourth-order valence-electron chi connectivity index (χ4n) is 3.83. The van der Waals surface area contributed by atoms with Crippen molar-refractivity contribution in [3.63, 3.8) is 0 Å². The number of anilines is 2. The molecule has 1 heterocycles. The predicted octanol–water partition coefficient (Wildman–Crippen LogP) is 6.56. The van der Waals surface area contributed by atoms with Gasteiger partial charge >= 0.3 is 5.97 Å². The van der Waals surface area contributed by atoms with Crippen molar-refractivity contribution in [3.8, 4) is 22.5 Å². The standard InChI is InChI=1S/C29H22N4O2S/c1-35-28(34)21-12-14-22(15-13-21)30-29(36)31-23-16-17-24-25(18-23)33-27(20-10-6-3-7-11-20)26(32-24)19-8-4-2-5-9-19/h2-18H,1H3,(H2,30,31,36). The van der Waals surface area contributed by atoms with Crippen LogP contribution in [0.15, 0.2) is 103 Å². The number of carbonyl (C=O) groups is 1. The maximum absolute atomic E-state index is 11.6. The molecule has 5 rings (SSSR count). The van der Waals surface area contributed by atoms with E-state index in [0.717, 1.165) is 44.9 Å². The minimum atomic E-state index is -0.384. The van der Waals surface area contributed by atoms with Crippen molar-refractivity contribution in [3.05, 3.63) is 109 Å². The number of hydrogen-bond acceptors (Lipinski definition) is 5. The third kappa shape index (κ3) is 5.06. The fourth-order valence-corrected chi connectivity index (χ4v) is 4.06.